The lowest BCUT2D eigenvalue weighted by molar-refractivity contribution is -0.138. The molecule has 0 spiro atoms. The van der Waals surface area contributed by atoms with Crippen molar-refractivity contribution >= 4 is 23.8 Å². The molecule has 6 nitrogen and oxygen atoms in total. The van der Waals surface area contributed by atoms with Crippen LogP contribution in [0.2, 0.25) is 0 Å². The number of aliphatic hydroxyl groups excluding tert-OH is 1. The fourth-order valence-corrected chi connectivity index (χ4v) is 4.26. The van der Waals surface area contributed by atoms with E-state index in [0.717, 1.165) is 31.4 Å². The van der Waals surface area contributed by atoms with Crippen LogP contribution >= 0.6 is 11.8 Å². The Labute approximate surface area is 129 Å². The third kappa shape index (κ3) is 4.26. The smallest absolute Gasteiger partial charge is 0.320 e. The first-order valence-corrected chi connectivity index (χ1v) is 8.76. The lowest BCUT2D eigenvalue weighted by atomic mass is 10.2. The number of urea groups is 1. The molecule has 120 valence electrons. The van der Waals surface area contributed by atoms with Gasteiger partial charge in [-0.25, -0.2) is 4.79 Å². The number of carboxylic acids is 1. The van der Waals surface area contributed by atoms with E-state index in [1.165, 1.54) is 0 Å². The highest BCUT2D eigenvalue weighted by atomic mass is 32.2. The fourth-order valence-electron chi connectivity index (χ4n) is 3.20. The van der Waals surface area contributed by atoms with Crippen molar-refractivity contribution < 1.29 is 19.8 Å². The van der Waals surface area contributed by atoms with Crippen LogP contribution in [0.3, 0.4) is 0 Å². The van der Waals surface area contributed by atoms with Crippen LogP contribution in [0.1, 0.15) is 32.1 Å². The van der Waals surface area contributed by atoms with Gasteiger partial charge in [0, 0.05) is 30.6 Å². The van der Waals surface area contributed by atoms with Crippen molar-refractivity contribution in [1.82, 2.24) is 9.80 Å². The third-order valence-corrected chi connectivity index (χ3v) is 5.33. The largest absolute Gasteiger partial charge is 0.481 e. The number of hydrogen-bond donors (Lipinski definition) is 2. The summed E-state index contributed by atoms with van der Waals surface area (Å²) in [4.78, 5) is 27.3. The molecular weight excluding hydrogens is 292 g/mol. The van der Waals surface area contributed by atoms with Crippen molar-refractivity contribution in [3.05, 3.63) is 0 Å². The summed E-state index contributed by atoms with van der Waals surface area (Å²) in [5.74, 6) is 0.657. The summed E-state index contributed by atoms with van der Waals surface area (Å²) < 4.78 is 0. The first-order chi connectivity index (χ1) is 10.1. The van der Waals surface area contributed by atoms with Crippen LogP contribution in [0.25, 0.3) is 0 Å². The third-order valence-electron chi connectivity index (χ3n) is 4.24. The number of thioether (sulfide) groups is 1. The molecule has 2 fully saturated rings. The van der Waals surface area contributed by atoms with Crippen molar-refractivity contribution in [1.29, 1.82) is 0 Å². The molecule has 0 radical (unpaired) electrons. The molecule has 2 N–H and O–H groups in total. The number of carbonyl (C=O) groups is 2. The highest BCUT2D eigenvalue weighted by Crippen LogP contribution is 2.27. The van der Waals surface area contributed by atoms with E-state index in [9.17, 15) is 14.7 Å². The number of rotatable bonds is 5. The summed E-state index contributed by atoms with van der Waals surface area (Å²) >= 11 is 1.70. The monoisotopic (exact) mass is 316 g/mol. The molecule has 7 heteroatoms. The van der Waals surface area contributed by atoms with Crippen LogP contribution in [0.4, 0.5) is 4.79 Å². The lowest BCUT2D eigenvalue weighted by Crippen LogP contribution is -2.55. The minimum absolute atomic E-state index is 0.00360. The van der Waals surface area contributed by atoms with Gasteiger partial charge in [0.05, 0.1) is 19.1 Å². The van der Waals surface area contributed by atoms with Crippen LogP contribution in [0.15, 0.2) is 0 Å². The summed E-state index contributed by atoms with van der Waals surface area (Å²) in [6.07, 6.45) is 4.20. The predicted octanol–water partition coefficient (Wildman–Crippen LogP) is 1.24. The minimum atomic E-state index is -0.866. The van der Waals surface area contributed by atoms with E-state index in [2.05, 4.69) is 0 Å². The predicted molar refractivity (Wildman–Crippen MR) is 81.5 cm³/mol. The first-order valence-electron chi connectivity index (χ1n) is 7.61. The van der Waals surface area contributed by atoms with Gasteiger partial charge in [-0.15, -0.1) is 0 Å². The van der Waals surface area contributed by atoms with E-state index >= 15 is 0 Å². The number of aliphatic hydroxyl groups is 1. The number of amides is 2. The van der Waals surface area contributed by atoms with Gasteiger partial charge in [-0.3, -0.25) is 4.79 Å². The molecule has 1 aliphatic heterocycles. The molecule has 21 heavy (non-hydrogen) atoms. The maximum atomic E-state index is 12.8. The summed E-state index contributed by atoms with van der Waals surface area (Å²) in [6.45, 7) is 0.886. The normalized spacial score (nSPS) is 23.3. The Morgan fingerprint density at radius 1 is 1.29 bits per heavy atom. The summed E-state index contributed by atoms with van der Waals surface area (Å²) in [7, 11) is 0. The average molecular weight is 316 g/mol. The van der Waals surface area contributed by atoms with E-state index in [1.54, 1.807) is 21.6 Å². The molecule has 1 atom stereocenters. The molecule has 1 saturated carbocycles. The molecule has 0 aromatic rings. The Bertz CT molecular complexity index is 374. The van der Waals surface area contributed by atoms with Gasteiger partial charge < -0.3 is 20.0 Å². The second kappa shape index (κ2) is 7.89. The standard InChI is InChI=1S/C14H24N2O4S/c17-7-5-15(11-3-1-2-4-11)14(20)16-6-8-21-10-12(16)9-13(18)19/h11-12,17H,1-10H2,(H,18,19). The van der Waals surface area contributed by atoms with E-state index < -0.39 is 5.97 Å². The van der Waals surface area contributed by atoms with Gasteiger partial charge in [-0.1, -0.05) is 12.8 Å². The maximum absolute atomic E-state index is 12.8. The van der Waals surface area contributed by atoms with Crippen molar-refractivity contribution in [2.75, 3.05) is 31.2 Å². The Morgan fingerprint density at radius 3 is 2.62 bits per heavy atom. The molecule has 1 unspecified atom stereocenters. The van der Waals surface area contributed by atoms with Gasteiger partial charge in [0.1, 0.15) is 0 Å². The SMILES string of the molecule is O=C(O)CC1CSCCN1C(=O)N(CCO)C1CCCC1. The van der Waals surface area contributed by atoms with Gasteiger partial charge in [0.25, 0.3) is 0 Å². The van der Waals surface area contributed by atoms with Crippen molar-refractivity contribution in [2.45, 2.75) is 44.2 Å². The molecule has 1 aliphatic carbocycles. The van der Waals surface area contributed by atoms with Gasteiger partial charge in [0.2, 0.25) is 0 Å². The molecule has 0 bridgehead atoms. The number of nitrogens with zero attached hydrogens (tertiary/aromatic N) is 2. The van der Waals surface area contributed by atoms with E-state index in [-0.39, 0.29) is 31.1 Å². The number of aliphatic carboxylic acids is 1. The Kier molecular flexibility index (Phi) is 6.17. The fraction of sp³-hybridized carbons (Fsp3) is 0.857. The van der Waals surface area contributed by atoms with Crippen LogP contribution in [-0.4, -0.2) is 75.3 Å². The van der Waals surface area contributed by atoms with E-state index in [1.807, 2.05) is 0 Å². The number of carbonyl (C=O) groups excluding carboxylic acids is 1. The summed E-state index contributed by atoms with van der Waals surface area (Å²) in [5.41, 5.74) is 0. The van der Waals surface area contributed by atoms with Crippen LogP contribution in [-0.2, 0) is 4.79 Å². The van der Waals surface area contributed by atoms with Crippen LogP contribution in [0, 0.1) is 0 Å². The second-order valence-electron chi connectivity index (χ2n) is 5.66. The quantitative estimate of drug-likeness (QED) is 0.797. The number of hydrogen-bond acceptors (Lipinski definition) is 4. The van der Waals surface area contributed by atoms with Gasteiger partial charge >= 0.3 is 12.0 Å². The van der Waals surface area contributed by atoms with E-state index in [4.69, 9.17) is 5.11 Å². The molecule has 0 aromatic heterocycles. The summed E-state index contributed by atoms with van der Waals surface area (Å²) in [6, 6.07) is -0.136. The van der Waals surface area contributed by atoms with Crippen molar-refractivity contribution in [3.63, 3.8) is 0 Å². The topological polar surface area (TPSA) is 81.1 Å². The molecule has 2 aliphatic rings. The zero-order chi connectivity index (χ0) is 15.2. The Balaban J connectivity index is 2.07. The highest BCUT2D eigenvalue weighted by molar-refractivity contribution is 7.99. The van der Waals surface area contributed by atoms with Gasteiger partial charge in [-0.05, 0) is 12.8 Å². The maximum Gasteiger partial charge on any atom is 0.320 e. The second-order valence-corrected chi connectivity index (χ2v) is 6.81. The Hall–Kier alpha value is -0.950. The van der Waals surface area contributed by atoms with Crippen molar-refractivity contribution in [2.24, 2.45) is 0 Å². The van der Waals surface area contributed by atoms with Crippen LogP contribution in [0.5, 0.6) is 0 Å². The Morgan fingerprint density at radius 2 is 2.00 bits per heavy atom. The average Bonchev–Trinajstić information content (AvgIpc) is 2.98. The van der Waals surface area contributed by atoms with Gasteiger partial charge in [0.15, 0.2) is 0 Å². The zero-order valence-corrected chi connectivity index (χ0v) is 13.1. The lowest BCUT2D eigenvalue weighted by Gasteiger charge is -2.40. The molecule has 1 saturated heterocycles. The van der Waals surface area contributed by atoms with Gasteiger partial charge in [-0.2, -0.15) is 11.8 Å². The number of carboxylic acid groups (broad SMARTS) is 1. The van der Waals surface area contributed by atoms with E-state index in [0.29, 0.717) is 18.8 Å². The molecule has 2 rings (SSSR count). The summed E-state index contributed by atoms with van der Waals surface area (Å²) in [5, 5.41) is 18.3. The van der Waals surface area contributed by atoms with Crippen molar-refractivity contribution in [3.8, 4) is 0 Å². The molecule has 0 aromatic carbocycles. The molecule has 1 heterocycles. The first kappa shape index (κ1) is 16.4. The highest BCUT2D eigenvalue weighted by Gasteiger charge is 2.35. The zero-order valence-electron chi connectivity index (χ0n) is 12.2. The molecule has 2 amide bonds. The minimum Gasteiger partial charge on any atom is -0.481 e. The molecular formula is C14H24N2O4S. The van der Waals surface area contributed by atoms with Crippen LogP contribution < -0.4 is 0 Å².